The predicted molar refractivity (Wildman–Crippen MR) is 116 cm³/mol. The van der Waals surface area contributed by atoms with Gasteiger partial charge in [-0.1, -0.05) is 17.7 Å². The van der Waals surface area contributed by atoms with E-state index in [2.05, 4.69) is 15.9 Å². The van der Waals surface area contributed by atoms with Crippen molar-refractivity contribution in [2.24, 2.45) is 11.8 Å². The van der Waals surface area contributed by atoms with E-state index in [-0.39, 0.29) is 12.8 Å². The fourth-order valence-electron chi connectivity index (χ4n) is 5.17. The molecule has 4 saturated heterocycles. The van der Waals surface area contributed by atoms with Crippen LogP contribution >= 0.6 is 11.6 Å². The van der Waals surface area contributed by atoms with Crippen molar-refractivity contribution in [2.75, 3.05) is 57.4 Å². The van der Waals surface area contributed by atoms with Crippen molar-refractivity contribution in [1.29, 1.82) is 0 Å². The Hall–Kier alpha value is -2.36. The Labute approximate surface area is 191 Å². The maximum absolute atomic E-state index is 12.5. The van der Waals surface area contributed by atoms with Crippen LogP contribution in [-0.2, 0) is 25.7 Å². The van der Waals surface area contributed by atoms with Crippen LogP contribution in [0.25, 0.3) is 0 Å². The number of hydroxylamine groups is 2. The van der Waals surface area contributed by atoms with Gasteiger partial charge in [-0.2, -0.15) is 0 Å². The third-order valence-corrected chi connectivity index (χ3v) is 7.02. The van der Waals surface area contributed by atoms with E-state index in [1.165, 1.54) is 11.3 Å². The summed E-state index contributed by atoms with van der Waals surface area (Å²) in [5, 5.41) is 1.36. The van der Waals surface area contributed by atoms with E-state index >= 15 is 0 Å². The van der Waals surface area contributed by atoms with E-state index in [9.17, 15) is 14.4 Å². The van der Waals surface area contributed by atoms with Crippen LogP contribution in [0.1, 0.15) is 18.4 Å². The lowest BCUT2D eigenvalue weighted by Crippen LogP contribution is -2.40. The molecular formula is C22H27ClN4O5. The SMILES string of the molecule is O=C(ON1C(=O)CCC1=O)N1CC2CN(Cc3ccc(Cl)cc3N3CCOCC3)CC2C1. The molecule has 1 aromatic rings. The fourth-order valence-corrected chi connectivity index (χ4v) is 5.34. The zero-order valence-corrected chi connectivity index (χ0v) is 18.6. The van der Waals surface area contributed by atoms with Gasteiger partial charge in [-0.15, -0.1) is 5.06 Å². The van der Waals surface area contributed by atoms with Gasteiger partial charge in [0.2, 0.25) is 0 Å². The number of hydrogen-bond acceptors (Lipinski definition) is 7. The number of morpholine rings is 1. The molecule has 3 amide bonds. The summed E-state index contributed by atoms with van der Waals surface area (Å²) in [6, 6.07) is 6.09. The van der Waals surface area contributed by atoms with Gasteiger partial charge in [-0.05, 0) is 29.5 Å². The summed E-state index contributed by atoms with van der Waals surface area (Å²) in [7, 11) is 0. The Bertz CT molecular complexity index is 892. The maximum atomic E-state index is 12.5. The number of imide groups is 1. The zero-order valence-electron chi connectivity index (χ0n) is 17.9. The molecule has 0 N–H and O–H groups in total. The van der Waals surface area contributed by atoms with E-state index < -0.39 is 17.9 Å². The van der Waals surface area contributed by atoms with E-state index in [0.717, 1.165) is 51.0 Å². The topological polar surface area (TPSA) is 82.6 Å². The average Bonchev–Trinajstić information content (AvgIpc) is 3.45. The molecule has 0 spiro atoms. The summed E-state index contributed by atoms with van der Waals surface area (Å²) in [6.45, 7) is 6.93. The first-order valence-electron chi connectivity index (χ1n) is 11.1. The summed E-state index contributed by atoms with van der Waals surface area (Å²) < 4.78 is 5.49. The lowest BCUT2D eigenvalue weighted by Gasteiger charge is -2.32. The molecule has 2 unspecified atom stereocenters. The van der Waals surface area contributed by atoms with Gasteiger partial charge >= 0.3 is 6.09 Å². The van der Waals surface area contributed by atoms with Crippen molar-refractivity contribution in [1.82, 2.24) is 14.9 Å². The molecule has 4 aliphatic heterocycles. The fraction of sp³-hybridized carbons (Fsp3) is 0.591. The Morgan fingerprint density at radius 2 is 1.69 bits per heavy atom. The molecule has 32 heavy (non-hydrogen) atoms. The van der Waals surface area contributed by atoms with Crippen LogP contribution in [0.3, 0.4) is 0 Å². The van der Waals surface area contributed by atoms with Gasteiger partial charge in [0.25, 0.3) is 11.8 Å². The molecule has 172 valence electrons. The number of ether oxygens (including phenoxy) is 1. The predicted octanol–water partition coefficient (Wildman–Crippen LogP) is 1.74. The zero-order chi connectivity index (χ0) is 22.2. The van der Waals surface area contributed by atoms with Gasteiger partial charge in [-0.3, -0.25) is 14.5 Å². The number of fused-ring (bicyclic) bond motifs is 1. The molecule has 1 aromatic carbocycles. The summed E-state index contributed by atoms with van der Waals surface area (Å²) in [4.78, 5) is 47.3. The summed E-state index contributed by atoms with van der Waals surface area (Å²) in [6.07, 6.45) is -0.408. The quantitative estimate of drug-likeness (QED) is 0.630. The minimum absolute atomic E-state index is 0.101. The minimum Gasteiger partial charge on any atom is -0.378 e. The van der Waals surface area contributed by atoms with Gasteiger partial charge in [0.1, 0.15) is 0 Å². The van der Waals surface area contributed by atoms with Gasteiger partial charge in [0, 0.05) is 69.4 Å². The largest absolute Gasteiger partial charge is 0.434 e. The Kier molecular flexibility index (Phi) is 5.96. The number of rotatable bonds is 4. The first-order chi connectivity index (χ1) is 15.5. The highest BCUT2D eigenvalue weighted by Gasteiger charge is 2.43. The number of amides is 3. The monoisotopic (exact) mass is 462 g/mol. The maximum Gasteiger partial charge on any atom is 0.434 e. The second-order valence-corrected chi connectivity index (χ2v) is 9.37. The lowest BCUT2D eigenvalue weighted by atomic mass is 10.0. The number of hydrogen-bond donors (Lipinski definition) is 0. The molecule has 2 atom stereocenters. The minimum atomic E-state index is -0.609. The van der Waals surface area contributed by atoms with Crippen molar-refractivity contribution in [3.05, 3.63) is 28.8 Å². The summed E-state index contributed by atoms with van der Waals surface area (Å²) in [5.74, 6) is -0.195. The van der Waals surface area contributed by atoms with E-state index in [1.54, 1.807) is 4.90 Å². The molecule has 9 nitrogen and oxygen atoms in total. The highest BCUT2D eigenvalue weighted by molar-refractivity contribution is 6.30. The molecule has 4 aliphatic rings. The Morgan fingerprint density at radius 1 is 1.03 bits per heavy atom. The summed E-state index contributed by atoms with van der Waals surface area (Å²) >= 11 is 6.29. The molecule has 4 heterocycles. The number of halogens is 1. The van der Waals surface area contributed by atoms with Gasteiger partial charge < -0.3 is 19.4 Å². The van der Waals surface area contributed by atoms with E-state index in [4.69, 9.17) is 21.2 Å². The molecule has 5 rings (SSSR count). The second-order valence-electron chi connectivity index (χ2n) is 8.93. The summed E-state index contributed by atoms with van der Waals surface area (Å²) in [5.41, 5.74) is 2.42. The first-order valence-corrected chi connectivity index (χ1v) is 11.5. The van der Waals surface area contributed by atoms with Gasteiger partial charge in [0.05, 0.1) is 13.2 Å². The molecule has 10 heteroatoms. The highest BCUT2D eigenvalue weighted by Crippen LogP contribution is 2.34. The van der Waals surface area contributed by atoms with Crippen LogP contribution in [0.2, 0.25) is 5.02 Å². The van der Waals surface area contributed by atoms with E-state index in [0.29, 0.717) is 30.0 Å². The number of benzene rings is 1. The Balaban J connectivity index is 1.18. The van der Waals surface area contributed by atoms with Crippen molar-refractivity contribution in [2.45, 2.75) is 19.4 Å². The molecule has 0 aliphatic carbocycles. The number of carbonyl (C=O) groups is 3. The molecule has 0 aromatic heterocycles. The molecule has 4 fully saturated rings. The third kappa shape index (κ3) is 4.29. The molecular weight excluding hydrogens is 436 g/mol. The van der Waals surface area contributed by atoms with Gasteiger partial charge in [0.15, 0.2) is 0 Å². The lowest BCUT2D eigenvalue weighted by molar-refractivity contribution is -0.173. The van der Waals surface area contributed by atoms with Crippen LogP contribution in [0.4, 0.5) is 10.5 Å². The second kappa shape index (κ2) is 8.88. The third-order valence-electron chi connectivity index (χ3n) is 6.79. The van der Waals surface area contributed by atoms with Crippen LogP contribution in [0.15, 0.2) is 18.2 Å². The Morgan fingerprint density at radius 3 is 2.34 bits per heavy atom. The van der Waals surface area contributed by atoms with Gasteiger partial charge in [-0.25, -0.2) is 4.79 Å². The van der Waals surface area contributed by atoms with E-state index in [1.807, 2.05) is 12.1 Å². The molecule has 0 bridgehead atoms. The number of nitrogens with zero attached hydrogens (tertiary/aromatic N) is 4. The van der Waals surface area contributed by atoms with Crippen LogP contribution < -0.4 is 4.90 Å². The van der Waals surface area contributed by atoms with Crippen LogP contribution in [0.5, 0.6) is 0 Å². The number of anilines is 1. The van der Waals surface area contributed by atoms with Crippen LogP contribution in [0, 0.1) is 11.8 Å². The van der Waals surface area contributed by atoms with Crippen molar-refractivity contribution < 1.29 is 24.0 Å². The normalized spacial score (nSPS) is 26.2. The van der Waals surface area contributed by atoms with Crippen molar-refractivity contribution >= 4 is 35.2 Å². The highest BCUT2D eigenvalue weighted by atomic mass is 35.5. The number of carbonyl (C=O) groups excluding carboxylic acids is 3. The molecule has 0 saturated carbocycles. The standard InChI is InChI=1S/C22H27ClN4O5/c23-18-2-1-15(19(9-18)25-5-7-31-8-6-25)10-24-11-16-13-26(14-17(16)12-24)22(30)32-27-20(28)3-4-21(27)29/h1-2,9,16-17H,3-8,10-14H2. The average molecular weight is 463 g/mol. The smallest absolute Gasteiger partial charge is 0.378 e. The van der Waals surface area contributed by atoms with Crippen molar-refractivity contribution in [3.8, 4) is 0 Å². The first kappa shape index (κ1) is 21.5. The van der Waals surface area contributed by atoms with Crippen LogP contribution in [-0.4, -0.2) is 85.3 Å². The molecule has 0 radical (unpaired) electrons. The number of likely N-dealkylation sites (tertiary alicyclic amines) is 2. The van der Waals surface area contributed by atoms with Crippen molar-refractivity contribution in [3.63, 3.8) is 0 Å².